The maximum atomic E-state index is 11.5. The van der Waals surface area contributed by atoms with Crippen molar-refractivity contribution in [1.82, 2.24) is 10.2 Å². The van der Waals surface area contributed by atoms with Crippen molar-refractivity contribution >= 4 is 9.84 Å². The Kier molecular flexibility index (Phi) is 4.88. The summed E-state index contributed by atoms with van der Waals surface area (Å²) in [6.45, 7) is 6.41. The second kappa shape index (κ2) is 6.28. The highest BCUT2D eigenvalue weighted by molar-refractivity contribution is 7.91. The molecule has 1 N–H and O–H groups in total. The maximum Gasteiger partial charge on any atom is 0.151 e. The van der Waals surface area contributed by atoms with Crippen LogP contribution in [0.1, 0.15) is 30.4 Å². The summed E-state index contributed by atoms with van der Waals surface area (Å²) in [6.07, 6.45) is 0.736. The van der Waals surface area contributed by atoms with E-state index in [0.717, 1.165) is 43.1 Å². The van der Waals surface area contributed by atoms with Crippen molar-refractivity contribution in [1.29, 1.82) is 0 Å². The van der Waals surface area contributed by atoms with Crippen molar-refractivity contribution in [3.05, 3.63) is 23.2 Å². The van der Waals surface area contributed by atoms with Gasteiger partial charge in [0.15, 0.2) is 9.84 Å². The Balaban J connectivity index is 1.97. The largest absolute Gasteiger partial charge is 0.465 e. The molecule has 1 saturated heterocycles. The molecule has 5 nitrogen and oxygen atoms in total. The molecule has 1 aromatic heterocycles. The first-order valence-corrected chi connectivity index (χ1v) is 8.93. The van der Waals surface area contributed by atoms with Gasteiger partial charge in [0.25, 0.3) is 0 Å². The van der Waals surface area contributed by atoms with E-state index < -0.39 is 9.84 Å². The summed E-state index contributed by atoms with van der Waals surface area (Å²) >= 11 is 0. The number of nitrogens with zero attached hydrogens (tertiary/aromatic N) is 1. The number of hydrogen-bond donors (Lipinski definition) is 1. The molecule has 0 bridgehead atoms. The lowest BCUT2D eigenvalue weighted by Gasteiger charge is -2.22. The lowest BCUT2D eigenvalue weighted by Crippen LogP contribution is -2.32. The molecule has 1 atom stereocenters. The molecule has 0 amide bonds. The van der Waals surface area contributed by atoms with Crippen LogP contribution >= 0.6 is 0 Å². The zero-order chi connectivity index (χ0) is 14.8. The van der Waals surface area contributed by atoms with Gasteiger partial charge in [-0.25, -0.2) is 8.42 Å². The number of rotatable bonds is 6. The van der Waals surface area contributed by atoms with Gasteiger partial charge in [0.2, 0.25) is 0 Å². The van der Waals surface area contributed by atoms with Gasteiger partial charge in [0.05, 0.1) is 18.1 Å². The van der Waals surface area contributed by atoms with Crippen molar-refractivity contribution < 1.29 is 12.8 Å². The van der Waals surface area contributed by atoms with Gasteiger partial charge in [-0.15, -0.1) is 0 Å². The molecule has 6 heteroatoms. The van der Waals surface area contributed by atoms with E-state index in [9.17, 15) is 8.42 Å². The molecule has 2 heterocycles. The van der Waals surface area contributed by atoms with Crippen molar-refractivity contribution in [3.63, 3.8) is 0 Å². The van der Waals surface area contributed by atoms with E-state index in [1.54, 1.807) is 0 Å². The summed E-state index contributed by atoms with van der Waals surface area (Å²) in [5.41, 5.74) is 1.14. The average molecular weight is 300 g/mol. The van der Waals surface area contributed by atoms with E-state index in [0.29, 0.717) is 5.75 Å². The van der Waals surface area contributed by atoms with Crippen LogP contribution in [0.25, 0.3) is 0 Å². The minimum atomic E-state index is -2.82. The topological polar surface area (TPSA) is 62.6 Å². The number of furan rings is 1. The molecule has 1 unspecified atom stereocenters. The van der Waals surface area contributed by atoms with E-state index >= 15 is 0 Å². The first kappa shape index (κ1) is 15.5. The normalized spacial score (nSPS) is 21.7. The molecule has 114 valence electrons. The highest BCUT2D eigenvalue weighted by Crippen LogP contribution is 2.21. The summed E-state index contributed by atoms with van der Waals surface area (Å²) in [4.78, 5) is 2.12. The van der Waals surface area contributed by atoms with Crippen molar-refractivity contribution in [2.45, 2.75) is 39.4 Å². The first-order valence-electron chi connectivity index (χ1n) is 7.11. The minimum Gasteiger partial charge on any atom is -0.465 e. The number of hydrogen-bond acceptors (Lipinski definition) is 5. The number of nitrogens with one attached hydrogen (secondary N) is 1. The molecule has 2 rings (SSSR count). The first-order chi connectivity index (χ1) is 9.41. The summed E-state index contributed by atoms with van der Waals surface area (Å²) in [5.74, 6) is 2.46. The summed E-state index contributed by atoms with van der Waals surface area (Å²) < 4.78 is 28.8. The van der Waals surface area contributed by atoms with Crippen LogP contribution in [0.5, 0.6) is 0 Å². The third-order valence-electron chi connectivity index (χ3n) is 3.87. The predicted octanol–water partition coefficient (Wildman–Crippen LogP) is 1.32. The van der Waals surface area contributed by atoms with E-state index in [4.69, 9.17) is 4.42 Å². The molecule has 1 fully saturated rings. The Morgan fingerprint density at radius 1 is 1.50 bits per heavy atom. The molecule has 1 aliphatic heterocycles. The van der Waals surface area contributed by atoms with Crippen LogP contribution in [0, 0.1) is 6.92 Å². The highest BCUT2D eigenvalue weighted by Gasteiger charge is 2.30. The fourth-order valence-electron chi connectivity index (χ4n) is 2.60. The van der Waals surface area contributed by atoms with Gasteiger partial charge in [-0.1, -0.05) is 6.92 Å². The number of aryl methyl sites for hydroxylation is 1. The summed E-state index contributed by atoms with van der Waals surface area (Å²) in [5, 5.41) is 3.24. The Morgan fingerprint density at radius 2 is 2.25 bits per heavy atom. The zero-order valence-corrected chi connectivity index (χ0v) is 13.3. The third-order valence-corrected chi connectivity index (χ3v) is 5.62. The van der Waals surface area contributed by atoms with Crippen LogP contribution < -0.4 is 5.32 Å². The monoisotopic (exact) mass is 300 g/mol. The quantitative estimate of drug-likeness (QED) is 0.858. The van der Waals surface area contributed by atoms with Crippen LogP contribution in [0.15, 0.2) is 10.5 Å². The second-order valence-corrected chi connectivity index (χ2v) is 7.78. The minimum absolute atomic E-state index is 0.131. The number of sulfone groups is 1. The molecular weight excluding hydrogens is 276 g/mol. The van der Waals surface area contributed by atoms with Gasteiger partial charge < -0.3 is 9.73 Å². The molecule has 1 aliphatic rings. The molecule has 1 aromatic rings. The lowest BCUT2D eigenvalue weighted by atomic mass is 10.2. The van der Waals surface area contributed by atoms with E-state index in [-0.39, 0.29) is 11.8 Å². The van der Waals surface area contributed by atoms with Gasteiger partial charge in [-0.2, -0.15) is 0 Å². The van der Waals surface area contributed by atoms with Crippen molar-refractivity contribution in [2.24, 2.45) is 0 Å². The van der Waals surface area contributed by atoms with Gasteiger partial charge in [0.1, 0.15) is 11.5 Å². The molecular formula is C14H24N2O3S. The Morgan fingerprint density at radius 3 is 2.85 bits per heavy atom. The Bertz CT molecular complexity index is 551. The third kappa shape index (κ3) is 3.84. The van der Waals surface area contributed by atoms with Crippen LogP contribution in [-0.2, 0) is 22.9 Å². The molecule has 20 heavy (non-hydrogen) atoms. The summed E-state index contributed by atoms with van der Waals surface area (Å²) in [7, 11) is -0.837. The van der Waals surface area contributed by atoms with Crippen LogP contribution in [-0.4, -0.2) is 44.5 Å². The van der Waals surface area contributed by atoms with Crippen molar-refractivity contribution in [3.8, 4) is 0 Å². The van der Waals surface area contributed by atoms with Crippen LogP contribution in [0.4, 0.5) is 0 Å². The zero-order valence-electron chi connectivity index (χ0n) is 12.5. The molecule has 0 radical (unpaired) electrons. The average Bonchev–Trinajstić information content (AvgIpc) is 2.90. The standard InChI is InChI=1S/C14H24N2O3S/c1-4-15-8-14-7-12(11(2)19-14)9-16(3)13-5-6-20(17,18)10-13/h7,13,15H,4-6,8-10H2,1-3H3. The molecule has 0 aromatic carbocycles. The molecule has 0 saturated carbocycles. The van der Waals surface area contributed by atoms with E-state index in [1.807, 2.05) is 14.0 Å². The van der Waals surface area contributed by atoms with Crippen molar-refractivity contribution in [2.75, 3.05) is 25.1 Å². The van der Waals surface area contributed by atoms with Gasteiger partial charge in [-0.3, -0.25) is 4.90 Å². The van der Waals surface area contributed by atoms with Crippen LogP contribution in [0.3, 0.4) is 0 Å². The lowest BCUT2D eigenvalue weighted by molar-refractivity contribution is 0.252. The van der Waals surface area contributed by atoms with Crippen LogP contribution in [0.2, 0.25) is 0 Å². The van der Waals surface area contributed by atoms with Gasteiger partial charge in [0, 0.05) is 18.2 Å². The SMILES string of the molecule is CCNCc1cc(CN(C)C2CCS(=O)(=O)C2)c(C)o1. The predicted molar refractivity (Wildman–Crippen MR) is 79.4 cm³/mol. The van der Waals surface area contributed by atoms with Gasteiger partial charge >= 0.3 is 0 Å². The smallest absolute Gasteiger partial charge is 0.151 e. The molecule has 0 spiro atoms. The Hall–Kier alpha value is -0.850. The Labute approximate surface area is 121 Å². The fourth-order valence-corrected chi connectivity index (χ4v) is 4.41. The summed E-state index contributed by atoms with van der Waals surface area (Å²) in [6, 6.07) is 2.20. The highest BCUT2D eigenvalue weighted by atomic mass is 32.2. The maximum absolute atomic E-state index is 11.5. The van der Waals surface area contributed by atoms with E-state index in [2.05, 4.69) is 23.2 Å². The fraction of sp³-hybridized carbons (Fsp3) is 0.714. The second-order valence-electron chi connectivity index (χ2n) is 5.55. The van der Waals surface area contributed by atoms with Gasteiger partial charge in [-0.05, 0) is 33.0 Å². The molecule has 0 aliphatic carbocycles. The van der Waals surface area contributed by atoms with E-state index in [1.165, 1.54) is 0 Å².